The smallest absolute Gasteiger partial charge is 0.235 e. The molecule has 0 bridgehead atoms. The lowest BCUT2D eigenvalue weighted by molar-refractivity contribution is -0.118. The average Bonchev–Trinajstić information content (AvgIpc) is 2.69. The lowest BCUT2D eigenvalue weighted by atomic mass is 10.4. The van der Waals surface area contributed by atoms with Gasteiger partial charge in [-0.1, -0.05) is 6.07 Å². The van der Waals surface area contributed by atoms with Gasteiger partial charge in [-0.05, 0) is 12.1 Å². The molecule has 0 atom stereocenters. The van der Waals surface area contributed by atoms with E-state index in [1.807, 2.05) is 28.8 Å². The maximum atomic E-state index is 10.9. The van der Waals surface area contributed by atoms with Gasteiger partial charge in [-0.15, -0.1) is 21.8 Å². The van der Waals surface area contributed by atoms with Crippen LogP contribution in [-0.2, 0) is 11.3 Å². The van der Waals surface area contributed by atoms with E-state index in [0.717, 1.165) is 5.65 Å². The summed E-state index contributed by atoms with van der Waals surface area (Å²) in [5.41, 5.74) is 0.757. The van der Waals surface area contributed by atoms with Crippen LogP contribution in [0.25, 0.3) is 5.65 Å². The lowest BCUT2D eigenvalue weighted by Gasteiger charge is -2.00. The minimum absolute atomic E-state index is 0.0449. The van der Waals surface area contributed by atoms with E-state index in [2.05, 4.69) is 15.5 Å². The number of fused-ring (bicyclic) bond motifs is 1. The highest BCUT2D eigenvalue weighted by Gasteiger charge is 2.05. The minimum Gasteiger partial charge on any atom is -0.348 e. The molecule has 0 aromatic carbocycles. The van der Waals surface area contributed by atoms with E-state index in [9.17, 15) is 4.79 Å². The molecule has 5 nitrogen and oxygen atoms in total. The molecule has 0 saturated heterocycles. The first-order valence-corrected chi connectivity index (χ1v) is 4.96. The van der Waals surface area contributed by atoms with Crippen LogP contribution in [0.1, 0.15) is 5.82 Å². The van der Waals surface area contributed by atoms with Crippen LogP contribution >= 0.6 is 11.6 Å². The van der Waals surface area contributed by atoms with Gasteiger partial charge in [0.2, 0.25) is 5.91 Å². The van der Waals surface area contributed by atoms with Crippen molar-refractivity contribution in [1.29, 1.82) is 0 Å². The van der Waals surface area contributed by atoms with Crippen LogP contribution in [-0.4, -0.2) is 26.4 Å². The fraction of sp³-hybridized carbons (Fsp3) is 0.222. The highest BCUT2D eigenvalue weighted by molar-refractivity contribution is 6.27. The van der Waals surface area contributed by atoms with Crippen LogP contribution in [0.4, 0.5) is 0 Å². The molecule has 1 amide bonds. The monoisotopic (exact) mass is 224 g/mol. The molecule has 15 heavy (non-hydrogen) atoms. The van der Waals surface area contributed by atoms with E-state index in [-0.39, 0.29) is 11.8 Å². The first-order valence-electron chi connectivity index (χ1n) is 4.42. The van der Waals surface area contributed by atoms with Crippen molar-refractivity contribution in [2.75, 3.05) is 5.88 Å². The Kier molecular flexibility index (Phi) is 2.82. The molecule has 6 heteroatoms. The number of aromatic nitrogens is 3. The zero-order valence-corrected chi connectivity index (χ0v) is 8.61. The highest BCUT2D eigenvalue weighted by Crippen LogP contribution is 2.01. The van der Waals surface area contributed by atoms with Gasteiger partial charge < -0.3 is 5.32 Å². The SMILES string of the molecule is O=C(CCl)NCc1nnc2ccccn12. The predicted octanol–water partition coefficient (Wildman–Crippen LogP) is 0.584. The summed E-state index contributed by atoms with van der Waals surface area (Å²) >= 11 is 5.36. The zero-order valence-electron chi connectivity index (χ0n) is 7.85. The van der Waals surface area contributed by atoms with Crippen molar-refractivity contribution >= 4 is 23.2 Å². The molecule has 0 spiro atoms. The average molecular weight is 225 g/mol. The molecule has 1 N–H and O–H groups in total. The highest BCUT2D eigenvalue weighted by atomic mass is 35.5. The molecule has 0 aliphatic carbocycles. The number of rotatable bonds is 3. The molecular formula is C9H9ClN4O. The summed E-state index contributed by atoms with van der Waals surface area (Å²) < 4.78 is 1.81. The number of hydrogen-bond acceptors (Lipinski definition) is 3. The van der Waals surface area contributed by atoms with Gasteiger partial charge in [0.1, 0.15) is 5.88 Å². The summed E-state index contributed by atoms with van der Waals surface area (Å²) in [7, 11) is 0. The van der Waals surface area contributed by atoms with Crippen molar-refractivity contribution in [2.24, 2.45) is 0 Å². The summed E-state index contributed by atoms with van der Waals surface area (Å²) in [6.45, 7) is 0.330. The summed E-state index contributed by atoms with van der Waals surface area (Å²) in [4.78, 5) is 10.9. The van der Waals surface area contributed by atoms with Crippen molar-refractivity contribution in [3.8, 4) is 0 Å². The number of nitrogens with one attached hydrogen (secondary N) is 1. The summed E-state index contributed by atoms with van der Waals surface area (Å²) in [6.07, 6.45) is 1.84. The van der Waals surface area contributed by atoms with Crippen LogP contribution in [0.5, 0.6) is 0 Å². The third-order valence-electron chi connectivity index (χ3n) is 1.95. The van der Waals surface area contributed by atoms with Gasteiger partial charge in [0.05, 0.1) is 6.54 Å². The van der Waals surface area contributed by atoms with Crippen LogP contribution in [0.3, 0.4) is 0 Å². The second-order valence-electron chi connectivity index (χ2n) is 2.96. The standard InChI is InChI=1S/C9H9ClN4O/c10-5-9(15)11-6-8-13-12-7-3-1-2-4-14(7)8/h1-4H,5-6H2,(H,11,15). The maximum absolute atomic E-state index is 10.9. The van der Waals surface area contributed by atoms with Crippen LogP contribution in [0.15, 0.2) is 24.4 Å². The molecule has 2 aromatic rings. The number of halogens is 1. The second-order valence-corrected chi connectivity index (χ2v) is 3.22. The quantitative estimate of drug-likeness (QED) is 0.777. The van der Waals surface area contributed by atoms with Crippen molar-refractivity contribution < 1.29 is 4.79 Å². The Bertz CT molecular complexity index is 482. The molecule has 0 saturated carbocycles. The van der Waals surface area contributed by atoms with E-state index < -0.39 is 0 Å². The predicted molar refractivity (Wildman–Crippen MR) is 55.6 cm³/mol. The summed E-state index contributed by atoms with van der Waals surface area (Å²) in [5.74, 6) is 0.421. The molecule has 2 aromatic heterocycles. The number of carbonyl (C=O) groups excluding carboxylic acids is 1. The van der Waals surface area contributed by atoms with Gasteiger partial charge >= 0.3 is 0 Å². The van der Waals surface area contributed by atoms with Crippen LogP contribution < -0.4 is 5.32 Å². The van der Waals surface area contributed by atoms with E-state index in [0.29, 0.717) is 12.4 Å². The van der Waals surface area contributed by atoms with Crippen molar-refractivity contribution in [1.82, 2.24) is 19.9 Å². The topological polar surface area (TPSA) is 59.3 Å². The Morgan fingerprint density at radius 1 is 1.47 bits per heavy atom. The number of nitrogens with zero attached hydrogens (tertiary/aromatic N) is 3. The van der Waals surface area contributed by atoms with Gasteiger partial charge in [-0.2, -0.15) is 0 Å². The van der Waals surface area contributed by atoms with E-state index >= 15 is 0 Å². The Hall–Kier alpha value is -1.62. The summed E-state index contributed by atoms with van der Waals surface area (Å²) in [6, 6.07) is 5.61. The van der Waals surface area contributed by atoms with Crippen LogP contribution in [0.2, 0.25) is 0 Å². The molecule has 0 fully saturated rings. The summed E-state index contributed by atoms with van der Waals surface area (Å²) in [5, 5.41) is 10.5. The molecule has 2 rings (SSSR count). The van der Waals surface area contributed by atoms with Gasteiger partial charge in [0, 0.05) is 6.20 Å². The first-order chi connectivity index (χ1) is 7.31. The zero-order chi connectivity index (χ0) is 10.7. The van der Waals surface area contributed by atoms with Gasteiger partial charge in [-0.25, -0.2) is 0 Å². The Balaban J connectivity index is 2.18. The molecule has 78 valence electrons. The number of alkyl halides is 1. The molecule has 0 aliphatic heterocycles. The largest absolute Gasteiger partial charge is 0.348 e. The number of hydrogen-bond donors (Lipinski definition) is 1. The normalized spacial score (nSPS) is 10.5. The van der Waals surface area contributed by atoms with E-state index in [4.69, 9.17) is 11.6 Å². The molecular weight excluding hydrogens is 216 g/mol. The van der Waals surface area contributed by atoms with Crippen molar-refractivity contribution in [3.05, 3.63) is 30.2 Å². The minimum atomic E-state index is -0.218. The third kappa shape index (κ3) is 2.07. The molecule has 0 radical (unpaired) electrons. The van der Waals surface area contributed by atoms with E-state index in [1.165, 1.54) is 0 Å². The van der Waals surface area contributed by atoms with Gasteiger partial charge in [0.15, 0.2) is 11.5 Å². The Labute approximate surface area is 91.1 Å². The number of amides is 1. The molecule has 0 aliphatic rings. The van der Waals surface area contributed by atoms with Gasteiger partial charge in [0.25, 0.3) is 0 Å². The van der Waals surface area contributed by atoms with Crippen LogP contribution in [0, 0.1) is 0 Å². The second kappa shape index (κ2) is 4.27. The fourth-order valence-electron chi connectivity index (χ4n) is 1.24. The number of carbonyl (C=O) groups is 1. The molecule has 2 heterocycles. The first kappa shape index (κ1) is 9.92. The van der Waals surface area contributed by atoms with Crippen molar-refractivity contribution in [3.63, 3.8) is 0 Å². The fourth-order valence-corrected chi connectivity index (χ4v) is 1.33. The Morgan fingerprint density at radius 3 is 3.13 bits per heavy atom. The third-order valence-corrected chi connectivity index (χ3v) is 2.19. The van der Waals surface area contributed by atoms with Crippen molar-refractivity contribution in [2.45, 2.75) is 6.54 Å². The van der Waals surface area contributed by atoms with Gasteiger partial charge in [-0.3, -0.25) is 9.20 Å². The number of pyridine rings is 1. The Morgan fingerprint density at radius 2 is 2.33 bits per heavy atom. The maximum Gasteiger partial charge on any atom is 0.235 e. The molecule has 0 unspecified atom stereocenters. The lowest BCUT2D eigenvalue weighted by Crippen LogP contribution is -2.24. The van der Waals surface area contributed by atoms with E-state index in [1.54, 1.807) is 0 Å².